The van der Waals surface area contributed by atoms with Gasteiger partial charge in [-0.05, 0) is 36.4 Å². The van der Waals surface area contributed by atoms with E-state index in [0.29, 0.717) is 33.5 Å². The number of rotatable bonds is 4. The van der Waals surface area contributed by atoms with Gasteiger partial charge < -0.3 is 14.8 Å². The number of hydrogen-bond donors (Lipinski definition) is 1. The molecule has 0 atom stereocenters. The van der Waals surface area contributed by atoms with Gasteiger partial charge in [-0.25, -0.2) is 4.99 Å². The van der Waals surface area contributed by atoms with E-state index in [2.05, 4.69) is 10.3 Å². The fraction of sp³-hybridized carbons (Fsp3) is 0.111. The van der Waals surface area contributed by atoms with Crippen LogP contribution in [0.2, 0.25) is 5.02 Å². The average Bonchev–Trinajstić information content (AvgIpc) is 2.95. The molecule has 0 radical (unpaired) electrons. The van der Waals surface area contributed by atoms with Crippen LogP contribution >= 0.6 is 11.6 Å². The first-order valence-corrected chi connectivity index (χ1v) is 7.59. The van der Waals surface area contributed by atoms with Crippen molar-refractivity contribution >= 4 is 29.4 Å². The predicted molar refractivity (Wildman–Crippen MR) is 93.7 cm³/mol. The minimum absolute atomic E-state index is 0.275. The highest BCUT2D eigenvalue weighted by Gasteiger charge is 2.23. The molecule has 122 valence electrons. The van der Waals surface area contributed by atoms with Crippen LogP contribution in [0, 0.1) is 0 Å². The molecule has 1 amide bonds. The van der Waals surface area contributed by atoms with Gasteiger partial charge in [-0.2, -0.15) is 0 Å². The van der Waals surface area contributed by atoms with E-state index in [1.165, 1.54) is 0 Å². The third kappa shape index (κ3) is 3.12. The van der Waals surface area contributed by atoms with Crippen LogP contribution in [0.5, 0.6) is 11.5 Å². The Morgan fingerprint density at radius 2 is 1.92 bits per heavy atom. The maximum Gasteiger partial charge on any atom is 0.275 e. The number of nitrogens with one attached hydrogen (secondary N) is 1. The fourth-order valence-electron chi connectivity index (χ4n) is 2.35. The summed E-state index contributed by atoms with van der Waals surface area (Å²) in [6.07, 6.45) is 1.65. The predicted octanol–water partition coefficient (Wildman–Crippen LogP) is 3.27. The molecule has 1 N–H and O–H groups in total. The molecule has 0 spiro atoms. The summed E-state index contributed by atoms with van der Waals surface area (Å²) >= 11 is 6.16. The Hall–Kier alpha value is -2.79. The number of benzene rings is 2. The molecule has 24 heavy (non-hydrogen) atoms. The minimum Gasteiger partial charge on any atom is -0.497 e. The number of carbonyl (C=O) groups excluding carboxylic acids is 1. The molecule has 2 aromatic carbocycles. The van der Waals surface area contributed by atoms with Gasteiger partial charge in [0, 0.05) is 11.1 Å². The molecule has 0 unspecified atom stereocenters. The Balaban J connectivity index is 2.02. The van der Waals surface area contributed by atoms with Gasteiger partial charge in [0.25, 0.3) is 5.91 Å². The van der Waals surface area contributed by atoms with E-state index >= 15 is 0 Å². The van der Waals surface area contributed by atoms with Crippen molar-refractivity contribution in [3.8, 4) is 11.5 Å². The van der Waals surface area contributed by atoms with Crippen LogP contribution in [0.1, 0.15) is 11.1 Å². The van der Waals surface area contributed by atoms with Gasteiger partial charge >= 0.3 is 0 Å². The van der Waals surface area contributed by atoms with Gasteiger partial charge in [-0.15, -0.1) is 0 Å². The third-order valence-corrected chi connectivity index (χ3v) is 3.88. The van der Waals surface area contributed by atoms with E-state index in [4.69, 9.17) is 21.1 Å². The summed E-state index contributed by atoms with van der Waals surface area (Å²) < 4.78 is 10.5. The number of nitrogens with zero attached hydrogens (tertiary/aromatic N) is 1. The first-order valence-electron chi connectivity index (χ1n) is 7.21. The van der Waals surface area contributed by atoms with Gasteiger partial charge in [-0.3, -0.25) is 4.79 Å². The Morgan fingerprint density at radius 3 is 2.62 bits per heavy atom. The maximum absolute atomic E-state index is 12.2. The number of aliphatic imine (C=N–C) groups is 1. The molecule has 2 aromatic rings. The molecule has 1 heterocycles. The summed E-state index contributed by atoms with van der Waals surface area (Å²) in [6.45, 7) is 0. The van der Waals surface area contributed by atoms with E-state index in [9.17, 15) is 4.79 Å². The van der Waals surface area contributed by atoms with Crippen molar-refractivity contribution in [2.45, 2.75) is 0 Å². The Morgan fingerprint density at radius 1 is 1.12 bits per heavy atom. The second kappa shape index (κ2) is 6.76. The Kier molecular flexibility index (Phi) is 4.53. The molecule has 1 aliphatic rings. The van der Waals surface area contributed by atoms with E-state index in [0.717, 1.165) is 0 Å². The van der Waals surface area contributed by atoms with Crippen molar-refractivity contribution in [1.82, 2.24) is 5.32 Å². The molecular formula is C18H15ClN2O3. The first-order chi connectivity index (χ1) is 11.6. The van der Waals surface area contributed by atoms with Crippen molar-refractivity contribution in [2.24, 2.45) is 4.99 Å². The van der Waals surface area contributed by atoms with Crippen LogP contribution in [0.4, 0.5) is 0 Å². The zero-order valence-corrected chi connectivity index (χ0v) is 13.9. The number of carbonyl (C=O) groups is 1. The van der Waals surface area contributed by atoms with Crippen LogP contribution < -0.4 is 14.8 Å². The quantitative estimate of drug-likeness (QED) is 0.867. The minimum atomic E-state index is -0.296. The largest absolute Gasteiger partial charge is 0.497 e. The van der Waals surface area contributed by atoms with Gasteiger partial charge in [0.05, 0.1) is 19.2 Å². The molecule has 0 aliphatic carbocycles. The molecule has 5 nitrogen and oxygen atoms in total. The summed E-state index contributed by atoms with van der Waals surface area (Å²) in [5.74, 6) is 1.42. The van der Waals surface area contributed by atoms with Crippen molar-refractivity contribution < 1.29 is 14.3 Å². The maximum atomic E-state index is 12.2. The lowest BCUT2D eigenvalue weighted by atomic mass is 10.1. The highest BCUT2D eigenvalue weighted by Crippen LogP contribution is 2.27. The van der Waals surface area contributed by atoms with Crippen LogP contribution in [-0.4, -0.2) is 26.0 Å². The first kappa shape index (κ1) is 16.1. The van der Waals surface area contributed by atoms with E-state index in [1.54, 1.807) is 50.6 Å². The number of ether oxygens (including phenoxy) is 2. The van der Waals surface area contributed by atoms with Crippen molar-refractivity contribution in [3.05, 3.63) is 64.3 Å². The summed E-state index contributed by atoms with van der Waals surface area (Å²) in [5, 5.41) is 3.26. The van der Waals surface area contributed by atoms with Crippen LogP contribution in [0.3, 0.4) is 0 Å². The summed E-state index contributed by atoms with van der Waals surface area (Å²) in [4.78, 5) is 16.6. The number of amidine groups is 1. The highest BCUT2D eigenvalue weighted by molar-refractivity contribution is 6.35. The second-order valence-corrected chi connectivity index (χ2v) is 5.44. The fourth-order valence-corrected chi connectivity index (χ4v) is 2.57. The lowest BCUT2D eigenvalue weighted by molar-refractivity contribution is -0.115. The van der Waals surface area contributed by atoms with Crippen molar-refractivity contribution in [1.29, 1.82) is 0 Å². The molecule has 3 rings (SSSR count). The molecule has 6 heteroatoms. The molecule has 0 saturated carbocycles. The number of hydrogen-bond acceptors (Lipinski definition) is 4. The Labute approximate surface area is 144 Å². The monoisotopic (exact) mass is 342 g/mol. The Bertz CT molecular complexity index is 859. The lowest BCUT2D eigenvalue weighted by Gasteiger charge is -2.07. The molecule has 0 aromatic heterocycles. The van der Waals surface area contributed by atoms with E-state index in [1.807, 2.05) is 12.1 Å². The molecule has 0 saturated heterocycles. The van der Waals surface area contributed by atoms with E-state index < -0.39 is 0 Å². The normalized spacial score (nSPS) is 15.2. The standard InChI is InChI=1S/C18H15ClN2O3/c1-23-12-7-8-16(24-2)11(9-12)10-15-18(22)21-17(20-15)13-5-3-4-6-14(13)19/h3-10H,1-2H3,(H,20,21,22)/b15-10+. The molecule has 0 bridgehead atoms. The van der Waals surface area contributed by atoms with Gasteiger partial charge in [0.2, 0.25) is 0 Å². The van der Waals surface area contributed by atoms with Gasteiger partial charge in [0.1, 0.15) is 23.0 Å². The van der Waals surface area contributed by atoms with Gasteiger partial charge in [-0.1, -0.05) is 23.7 Å². The number of halogens is 1. The summed E-state index contributed by atoms with van der Waals surface area (Å²) in [7, 11) is 3.14. The van der Waals surface area contributed by atoms with Crippen LogP contribution in [0.15, 0.2) is 53.2 Å². The zero-order chi connectivity index (χ0) is 17.1. The molecule has 1 aliphatic heterocycles. The van der Waals surface area contributed by atoms with Crippen LogP contribution in [0.25, 0.3) is 6.08 Å². The zero-order valence-electron chi connectivity index (χ0n) is 13.2. The topological polar surface area (TPSA) is 59.9 Å². The highest BCUT2D eigenvalue weighted by atomic mass is 35.5. The van der Waals surface area contributed by atoms with Crippen molar-refractivity contribution in [2.75, 3.05) is 14.2 Å². The van der Waals surface area contributed by atoms with Gasteiger partial charge in [0.15, 0.2) is 0 Å². The summed E-state index contributed by atoms with van der Waals surface area (Å²) in [6, 6.07) is 12.5. The van der Waals surface area contributed by atoms with E-state index in [-0.39, 0.29) is 11.6 Å². The third-order valence-electron chi connectivity index (χ3n) is 3.55. The van der Waals surface area contributed by atoms with Crippen LogP contribution in [-0.2, 0) is 4.79 Å². The molecule has 0 fully saturated rings. The lowest BCUT2D eigenvalue weighted by Crippen LogP contribution is -2.24. The van der Waals surface area contributed by atoms with Crippen molar-refractivity contribution in [3.63, 3.8) is 0 Å². The molecular weight excluding hydrogens is 328 g/mol. The second-order valence-electron chi connectivity index (χ2n) is 5.03. The average molecular weight is 343 g/mol. The summed E-state index contributed by atoms with van der Waals surface area (Å²) in [5.41, 5.74) is 1.65. The number of methoxy groups -OCH3 is 2. The number of amides is 1. The smallest absolute Gasteiger partial charge is 0.275 e. The SMILES string of the molecule is COc1ccc(OC)c(/C=C2/N=C(c3ccccc3Cl)NC2=O)c1.